The molecule has 2 aromatic carbocycles. The van der Waals surface area contributed by atoms with Crippen LogP contribution in [0, 0.1) is 5.41 Å². The van der Waals surface area contributed by atoms with E-state index in [0.717, 1.165) is 10.8 Å². The average molecular weight is 341 g/mol. The molecule has 136 valence electrons. The van der Waals surface area contributed by atoms with Crippen molar-refractivity contribution in [1.29, 1.82) is 0 Å². The molecule has 0 bridgehead atoms. The molecule has 0 saturated carbocycles. The summed E-state index contributed by atoms with van der Waals surface area (Å²) in [6.45, 7) is 14.1. The second-order valence-corrected chi connectivity index (χ2v) is 8.42. The molecule has 2 rings (SSSR count). The summed E-state index contributed by atoms with van der Waals surface area (Å²) in [6.07, 6.45) is -0.711. The maximum absolute atomic E-state index is 13.5. The monoisotopic (exact) mass is 341 g/mol. The van der Waals surface area contributed by atoms with E-state index in [1.165, 1.54) is 0 Å². The Morgan fingerprint density at radius 2 is 1.52 bits per heavy atom. The van der Waals surface area contributed by atoms with Crippen molar-refractivity contribution in [2.75, 3.05) is 0 Å². The number of rotatable bonds is 4. The topological polar surface area (TPSA) is 40.5 Å². The molecule has 0 unspecified atom stereocenters. The Morgan fingerprint density at radius 1 is 0.960 bits per heavy atom. The zero-order chi connectivity index (χ0) is 18.9. The second kappa shape index (κ2) is 7.17. The maximum atomic E-state index is 13.5. The summed E-state index contributed by atoms with van der Waals surface area (Å²) in [5.74, 6) is -0.0138. The van der Waals surface area contributed by atoms with Crippen molar-refractivity contribution < 1.29 is 9.90 Å². The van der Waals surface area contributed by atoms with E-state index in [4.69, 9.17) is 0 Å². The van der Waals surface area contributed by atoms with Gasteiger partial charge >= 0.3 is 0 Å². The number of benzene rings is 2. The molecular formula is C22H31NO2. The van der Waals surface area contributed by atoms with Crippen LogP contribution in [0.15, 0.2) is 36.4 Å². The molecule has 0 radical (unpaired) electrons. The SMILES string of the molecule is CC(C)N(C(=O)c1c([C@H](O)C(C)(C)C)ccc2ccccc12)C(C)C. The minimum absolute atomic E-state index is 0.0138. The summed E-state index contributed by atoms with van der Waals surface area (Å²) in [5.41, 5.74) is 0.989. The van der Waals surface area contributed by atoms with E-state index in [2.05, 4.69) is 0 Å². The molecule has 0 aliphatic rings. The predicted molar refractivity (Wildman–Crippen MR) is 105 cm³/mol. The van der Waals surface area contributed by atoms with Crippen molar-refractivity contribution in [3.05, 3.63) is 47.5 Å². The Morgan fingerprint density at radius 3 is 2.04 bits per heavy atom. The van der Waals surface area contributed by atoms with Gasteiger partial charge < -0.3 is 10.0 Å². The summed E-state index contributed by atoms with van der Waals surface area (Å²) in [7, 11) is 0. The van der Waals surface area contributed by atoms with Crippen molar-refractivity contribution in [3.8, 4) is 0 Å². The highest BCUT2D eigenvalue weighted by molar-refractivity contribution is 6.08. The van der Waals surface area contributed by atoms with Crippen LogP contribution >= 0.6 is 0 Å². The maximum Gasteiger partial charge on any atom is 0.255 e. The molecule has 3 nitrogen and oxygen atoms in total. The van der Waals surface area contributed by atoms with Gasteiger partial charge in [-0.1, -0.05) is 57.2 Å². The van der Waals surface area contributed by atoms with Crippen LogP contribution in [-0.2, 0) is 0 Å². The van der Waals surface area contributed by atoms with Gasteiger partial charge in [0.25, 0.3) is 5.91 Å². The van der Waals surface area contributed by atoms with Crippen LogP contribution in [0.4, 0.5) is 0 Å². The number of hydrogen-bond donors (Lipinski definition) is 1. The minimum atomic E-state index is -0.711. The van der Waals surface area contributed by atoms with Crippen molar-refractivity contribution >= 4 is 16.7 Å². The number of aliphatic hydroxyl groups is 1. The Balaban J connectivity index is 2.76. The zero-order valence-corrected chi connectivity index (χ0v) is 16.5. The summed E-state index contributed by atoms with van der Waals surface area (Å²) in [5, 5.41) is 12.9. The third-order valence-corrected chi connectivity index (χ3v) is 4.64. The molecule has 0 spiro atoms. The first-order valence-electron chi connectivity index (χ1n) is 9.08. The lowest BCUT2D eigenvalue weighted by Crippen LogP contribution is -2.42. The second-order valence-electron chi connectivity index (χ2n) is 8.42. The van der Waals surface area contributed by atoms with Crippen LogP contribution in [0.1, 0.15) is 70.5 Å². The summed E-state index contributed by atoms with van der Waals surface area (Å²) in [6, 6.07) is 12.0. The molecule has 3 heteroatoms. The van der Waals surface area contributed by atoms with E-state index < -0.39 is 6.10 Å². The molecule has 2 aromatic rings. The van der Waals surface area contributed by atoms with Gasteiger partial charge in [-0.2, -0.15) is 0 Å². The fourth-order valence-electron chi connectivity index (χ4n) is 3.42. The quantitative estimate of drug-likeness (QED) is 0.832. The van der Waals surface area contributed by atoms with Crippen molar-refractivity contribution in [1.82, 2.24) is 4.90 Å². The smallest absolute Gasteiger partial charge is 0.255 e. The normalized spacial score (nSPS) is 13.5. The highest BCUT2D eigenvalue weighted by atomic mass is 16.3. The molecule has 0 aliphatic carbocycles. The van der Waals surface area contributed by atoms with Crippen LogP contribution in [0.3, 0.4) is 0 Å². The average Bonchev–Trinajstić information content (AvgIpc) is 2.51. The number of fused-ring (bicyclic) bond motifs is 1. The van der Waals surface area contributed by atoms with Gasteiger partial charge in [-0.15, -0.1) is 0 Å². The molecule has 0 aliphatic heterocycles. The van der Waals surface area contributed by atoms with Crippen molar-refractivity contribution in [2.24, 2.45) is 5.41 Å². The number of hydrogen-bond acceptors (Lipinski definition) is 2. The third-order valence-electron chi connectivity index (χ3n) is 4.64. The van der Waals surface area contributed by atoms with Gasteiger partial charge in [0.15, 0.2) is 0 Å². The number of amides is 1. The van der Waals surface area contributed by atoms with E-state index >= 15 is 0 Å². The van der Waals surface area contributed by atoms with Gasteiger partial charge in [-0.25, -0.2) is 0 Å². The summed E-state index contributed by atoms with van der Waals surface area (Å²) < 4.78 is 0. The van der Waals surface area contributed by atoms with E-state index in [0.29, 0.717) is 11.1 Å². The molecule has 0 saturated heterocycles. The summed E-state index contributed by atoms with van der Waals surface area (Å²) >= 11 is 0. The van der Waals surface area contributed by atoms with Gasteiger partial charge in [0.1, 0.15) is 0 Å². The third kappa shape index (κ3) is 3.87. The Kier molecular flexibility index (Phi) is 5.58. The minimum Gasteiger partial charge on any atom is -0.388 e. The van der Waals surface area contributed by atoms with Crippen LogP contribution in [-0.4, -0.2) is 28.0 Å². The largest absolute Gasteiger partial charge is 0.388 e. The fourth-order valence-corrected chi connectivity index (χ4v) is 3.42. The molecule has 1 atom stereocenters. The van der Waals surface area contributed by atoms with E-state index in [-0.39, 0.29) is 23.4 Å². The lowest BCUT2D eigenvalue weighted by molar-refractivity contribution is 0.0552. The zero-order valence-electron chi connectivity index (χ0n) is 16.5. The number of aliphatic hydroxyl groups excluding tert-OH is 1. The van der Waals surface area contributed by atoms with Crippen LogP contribution in [0.25, 0.3) is 10.8 Å². The molecule has 0 aromatic heterocycles. The molecule has 0 heterocycles. The first-order valence-corrected chi connectivity index (χ1v) is 9.08. The van der Waals surface area contributed by atoms with Crippen molar-refractivity contribution in [3.63, 3.8) is 0 Å². The number of carbonyl (C=O) groups is 1. The van der Waals surface area contributed by atoms with Crippen molar-refractivity contribution in [2.45, 2.75) is 66.7 Å². The Bertz CT molecular complexity index is 748. The highest BCUT2D eigenvalue weighted by Crippen LogP contribution is 2.37. The van der Waals surface area contributed by atoms with Gasteiger partial charge in [0.05, 0.1) is 11.7 Å². The van der Waals surface area contributed by atoms with E-state index in [1.807, 2.05) is 89.8 Å². The van der Waals surface area contributed by atoms with Gasteiger partial charge in [0, 0.05) is 12.1 Å². The van der Waals surface area contributed by atoms with E-state index in [1.54, 1.807) is 0 Å². The molecule has 0 fully saturated rings. The molecule has 1 N–H and O–H groups in total. The standard InChI is InChI=1S/C22H31NO2/c1-14(2)23(15(3)4)21(25)19-17-11-9-8-10-16(17)12-13-18(19)20(24)22(5,6)7/h8-15,20,24H,1-7H3/t20-/m0/s1. The lowest BCUT2D eigenvalue weighted by atomic mass is 9.81. The first-order chi connectivity index (χ1) is 11.6. The van der Waals surface area contributed by atoms with Gasteiger partial charge in [-0.3, -0.25) is 4.79 Å². The van der Waals surface area contributed by atoms with Crippen LogP contribution in [0.5, 0.6) is 0 Å². The highest BCUT2D eigenvalue weighted by Gasteiger charge is 2.31. The van der Waals surface area contributed by atoms with Gasteiger partial charge in [0.2, 0.25) is 0 Å². The lowest BCUT2D eigenvalue weighted by Gasteiger charge is -2.34. The predicted octanol–water partition coefficient (Wildman–Crippen LogP) is 5.18. The Labute approximate surface area is 151 Å². The van der Waals surface area contributed by atoms with Crippen LogP contribution < -0.4 is 0 Å². The van der Waals surface area contributed by atoms with Crippen LogP contribution in [0.2, 0.25) is 0 Å². The van der Waals surface area contributed by atoms with E-state index in [9.17, 15) is 9.90 Å². The molecule has 1 amide bonds. The molecular weight excluding hydrogens is 310 g/mol. The Hall–Kier alpha value is -1.87. The number of carbonyl (C=O) groups excluding carboxylic acids is 1. The summed E-state index contributed by atoms with van der Waals surface area (Å²) in [4.78, 5) is 15.4. The fraction of sp³-hybridized carbons (Fsp3) is 0.500. The van der Waals surface area contributed by atoms with Gasteiger partial charge in [-0.05, 0) is 49.4 Å². The number of nitrogens with zero attached hydrogens (tertiary/aromatic N) is 1. The molecule has 25 heavy (non-hydrogen) atoms. The first kappa shape index (κ1) is 19.5.